The highest BCUT2D eigenvalue weighted by Crippen LogP contribution is 2.53. The molecule has 1 heteroatoms. The van der Waals surface area contributed by atoms with E-state index in [-0.39, 0.29) is 5.60 Å². The van der Waals surface area contributed by atoms with E-state index >= 15 is 0 Å². The summed E-state index contributed by atoms with van der Waals surface area (Å²) >= 11 is 0. The lowest BCUT2D eigenvalue weighted by Crippen LogP contribution is -2.46. The van der Waals surface area contributed by atoms with Gasteiger partial charge in [0, 0.05) is 6.61 Å². The molecule has 0 radical (unpaired) electrons. The van der Waals surface area contributed by atoms with Crippen LogP contribution in [-0.2, 0) is 4.74 Å². The molecule has 15 heavy (non-hydrogen) atoms. The van der Waals surface area contributed by atoms with Gasteiger partial charge in [0.2, 0.25) is 0 Å². The van der Waals surface area contributed by atoms with Crippen molar-refractivity contribution in [2.24, 2.45) is 17.3 Å². The molecular formula is C14H26O. The minimum Gasteiger partial charge on any atom is -0.374 e. The van der Waals surface area contributed by atoms with Crippen LogP contribution in [0.3, 0.4) is 0 Å². The molecule has 0 N–H and O–H groups in total. The Morgan fingerprint density at radius 1 is 1.20 bits per heavy atom. The zero-order valence-electron chi connectivity index (χ0n) is 10.8. The van der Waals surface area contributed by atoms with Gasteiger partial charge in [0.1, 0.15) is 0 Å². The highest BCUT2D eigenvalue weighted by Gasteiger charge is 2.52. The molecule has 1 heterocycles. The summed E-state index contributed by atoms with van der Waals surface area (Å²) in [4.78, 5) is 0. The molecule has 0 aromatic rings. The molecule has 0 amide bonds. The fourth-order valence-electron chi connectivity index (χ4n) is 3.52. The van der Waals surface area contributed by atoms with Crippen molar-refractivity contribution in [1.29, 1.82) is 0 Å². The predicted molar refractivity (Wildman–Crippen MR) is 63.9 cm³/mol. The zero-order chi connectivity index (χ0) is 11.1. The predicted octanol–water partition coefficient (Wildman–Crippen LogP) is 4.02. The topological polar surface area (TPSA) is 9.23 Å². The summed E-state index contributed by atoms with van der Waals surface area (Å²) in [6, 6.07) is 0. The van der Waals surface area contributed by atoms with E-state index in [9.17, 15) is 0 Å². The molecule has 2 rings (SSSR count). The van der Waals surface area contributed by atoms with Crippen LogP contribution < -0.4 is 0 Å². The Morgan fingerprint density at radius 3 is 2.47 bits per heavy atom. The molecule has 2 fully saturated rings. The van der Waals surface area contributed by atoms with Crippen LogP contribution in [0.15, 0.2) is 0 Å². The standard InChI is InChI=1S/C14H26O/c1-11(2)12-6-5-7-14(10-12)13(3,4)8-9-15-14/h11-12H,5-10H2,1-4H3. The van der Waals surface area contributed by atoms with Gasteiger partial charge in [-0.3, -0.25) is 0 Å². The van der Waals surface area contributed by atoms with Gasteiger partial charge in [0.05, 0.1) is 5.60 Å². The van der Waals surface area contributed by atoms with Gasteiger partial charge >= 0.3 is 0 Å². The quantitative estimate of drug-likeness (QED) is 0.635. The third-order valence-electron chi connectivity index (χ3n) is 5.03. The summed E-state index contributed by atoms with van der Waals surface area (Å²) in [6.45, 7) is 10.5. The normalized spacial score (nSPS) is 40.2. The van der Waals surface area contributed by atoms with Gasteiger partial charge in [0.15, 0.2) is 0 Å². The maximum Gasteiger partial charge on any atom is 0.0736 e. The maximum absolute atomic E-state index is 6.18. The van der Waals surface area contributed by atoms with Crippen LogP contribution in [0.2, 0.25) is 0 Å². The first-order valence-corrected chi connectivity index (χ1v) is 6.61. The highest BCUT2D eigenvalue weighted by atomic mass is 16.5. The molecule has 88 valence electrons. The Bertz CT molecular complexity index is 231. The Morgan fingerprint density at radius 2 is 1.93 bits per heavy atom. The summed E-state index contributed by atoms with van der Waals surface area (Å²) in [5, 5.41) is 0. The van der Waals surface area contributed by atoms with Crippen LogP contribution >= 0.6 is 0 Å². The van der Waals surface area contributed by atoms with Crippen LogP contribution in [0.4, 0.5) is 0 Å². The van der Waals surface area contributed by atoms with Gasteiger partial charge in [0.25, 0.3) is 0 Å². The van der Waals surface area contributed by atoms with E-state index in [1.165, 1.54) is 32.1 Å². The minimum absolute atomic E-state index is 0.222. The second-order valence-corrected chi connectivity index (χ2v) is 6.58. The molecule has 2 atom stereocenters. The molecule has 1 aliphatic carbocycles. The number of rotatable bonds is 1. The molecule has 0 bridgehead atoms. The van der Waals surface area contributed by atoms with Crippen LogP contribution in [0.1, 0.15) is 59.8 Å². The first-order valence-electron chi connectivity index (χ1n) is 6.61. The van der Waals surface area contributed by atoms with Crippen molar-refractivity contribution in [2.45, 2.75) is 65.4 Å². The average Bonchev–Trinajstić information content (AvgIpc) is 2.42. The lowest BCUT2D eigenvalue weighted by Gasteiger charge is -2.46. The van der Waals surface area contributed by atoms with Gasteiger partial charge in [-0.15, -0.1) is 0 Å². The van der Waals surface area contributed by atoms with E-state index in [1.54, 1.807) is 0 Å². The molecule has 1 nitrogen and oxygen atoms in total. The molecule has 1 aliphatic heterocycles. The van der Waals surface area contributed by atoms with Crippen molar-refractivity contribution in [3.8, 4) is 0 Å². The molecule has 1 saturated carbocycles. The minimum atomic E-state index is 0.222. The molecule has 2 aliphatic rings. The largest absolute Gasteiger partial charge is 0.374 e. The van der Waals surface area contributed by atoms with Crippen molar-refractivity contribution < 1.29 is 4.74 Å². The van der Waals surface area contributed by atoms with Crippen molar-refractivity contribution in [1.82, 2.24) is 0 Å². The van der Waals surface area contributed by atoms with E-state index in [0.29, 0.717) is 5.41 Å². The van der Waals surface area contributed by atoms with Crippen LogP contribution in [0, 0.1) is 17.3 Å². The lowest BCUT2D eigenvalue weighted by atomic mass is 9.63. The van der Waals surface area contributed by atoms with E-state index in [1.807, 2.05) is 0 Å². The Hall–Kier alpha value is -0.0400. The first-order chi connectivity index (χ1) is 6.97. The van der Waals surface area contributed by atoms with Crippen LogP contribution in [0.25, 0.3) is 0 Å². The second-order valence-electron chi connectivity index (χ2n) is 6.58. The molecule has 0 aromatic carbocycles. The van der Waals surface area contributed by atoms with Gasteiger partial charge < -0.3 is 4.74 Å². The van der Waals surface area contributed by atoms with Crippen molar-refractivity contribution >= 4 is 0 Å². The van der Waals surface area contributed by atoms with E-state index in [4.69, 9.17) is 4.74 Å². The highest BCUT2D eigenvalue weighted by molar-refractivity contribution is 5.02. The summed E-state index contributed by atoms with van der Waals surface area (Å²) in [7, 11) is 0. The zero-order valence-corrected chi connectivity index (χ0v) is 10.8. The van der Waals surface area contributed by atoms with Crippen LogP contribution in [0.5, 0.6) is 0 Å². The Kier molecular flexibility index (Phi) is 2.87. The third kappa shape index (κ3) is 1.84. The molecule has 2 unspecified atom stereocenters. The van der Waals surface area contributed by atoms with Gasteiger partial charge in [-0.1, -0.05) is 34.1 Å². The molecule has 1 saturated heterocycles. The van der Waals surface area contributed by atoms with E-state index < -0.39 is 0 Å². The van der Waals surface area contributed by atoms with Gasteiger partial charge in [-0.25, -0.2) is 0 Å². The van der Waals surface area contributed by atoms with Crippen molar-refractivity contribution in [3.05, 3.63) is 0 Å². The summed E-state index contributed by atoms with van der Waals surface area (Å²) < 4.78 is 6.18. The third-order valence-corrected chi connectivity index (χ3v) is 5.03. The number of hydrogen-bond donors (Lipinski definition) is 0. The van der Waals surface area contributed by atoms with E-state index in [2.05, 4.69) is 27.7 Å². The van der Waals surface area contributed by atoms with Crippen molar-refractivity contribution in [3.63, 3.8) is 0 Å². The Balaban J connectivity index is 2.14. The van der Waals surface area contributed by atoms with Crippen molar-refractivity contribution in [2.75, 3.05) is 6.61 Å². The summed E-state index contributed by atoms with van der Waals surface area (Å²) in [5.74, 6) is 1.71. The van der Waals surface area contributed by atoms with Gasteiger partial charge in [-0.2, -0.15) is 0 Å². The smallest absolute Gasteiger partial charge is 0.0736 e. The summed E-state index contributed by atoms with van der Waals surface area (Å²) in [5.41, 5.74) is 0.626. The van der Waals surface area contributed by atoms with Gasteiger partial charge in [-0.05, 0) is 42.9 Å². The lowest BCUT2D eigenvalue weighted by molar-refractivity contribution is -0.0962. The second kappa shape index (κ2) is 3.76. The maximum atomic E-state index is 6.18. The monoisotopic (exact) mass is 210 g/mol. The summed E-state index contributed by atoms with van der Waals surface area (Å²) in [6.07, 6.45) is 6.63. The molecule has 0 aromatic heterocycles. The number of ether oxygens (including phenoxy) is 1. The number of hydrogen-bond acceptors (Lipinski definition) is 1. The average molecular weight is 210 g/mol. The molecule has 1 spiro atoms. The Labute approximate surface area is 94.6 Å². The molecular weight excluding hydrogens is 184 g/mol. The fraction of sp³-hybridized carbons (Fsp3) is 1.00. The fourth-order valence-corrected chi connectivity index (χ4v) is 3.52. The van der Waals surface area contributed by atoms with E-state index in [0.717, 1.165) is 18.4 Å². The van der Waals surface area contributed by atoms with Crippen LogP contribution in [-0.4, -0.2) is 12.2 Å². The first kappa shape index (κ1) is 11.4. The SMILES string of the molecule is CC(C)C1CCCC2(C1)OCCC2(C)C.